The number of benzene rings is 2. The average molecular weight is 252 g/mol. The summed E-state index contributed by atoms with van der Waals surface area (Å²) in [6.07, 6.45) is 0. The van der Waals surface area contributed by atoms with Crippen molar-refractivity contribution in [1.82, 2.24) is 0 Å². The van der Waals surface area contributed by atoms with E-state index in [1.54, 1.807) is 7.11 Å². The Kier molecular flexibility index (Phi) is 2.33. The Morgan fingerprint density at radius 3 is 2.64 bits per heavy atom. The zero-order chi connectivity index (χ0) is 10.1. The SMILES string of the molecule is COc1ccc2c(Br)ccc(N)c2c1. The fourth-order valence-corrected chi connectivity index (χ4v) is 1.92. The third-order valence-electron chi connectivity index (χ3n) is 2.20. The molecule has 0 bridgehead atoms. The Morgan fingerprint density at radius 1 is 1.14 bits per heavy atom. The van der Waals surface area contributed by atoms with Crippen molar-refractivity contribution in [2.24, 2.45) is 0 Å². The predicted molar refractivity (Wildman–Crippen MR) is 62.6 cm³/mol. The van der Waals surface area contributed by atoms with Crippen LogP contribution < -0.4 is 10.5 Å². The van der Waals surface area contributed by atoms with Crippen LogP contribution in [0.25, 0.3) is 10.8 Å². The first kappa shape index (κ1) is 9.34. The highest BCUT2D eigenvalue weighted by atomic mass is 79.9. The summed E-state index contributed by atoms with van der Waals surface area (Å²) in [5.74, 6) is 0.822. The molecule has 0 aliphatic rings. The summed E-state index contributed by atoms with van der Waals surface area (Å²) in [5.41, 5.74) is 6.64. The summed E-state index contributed by atoms with van der Waals surface area (Å²) in [7, 11) is 1.65. The van der Waals surface area contributed by atoms with E-state index >= 15 is 0 Å². The van der Waals surface area contributed by atoms with E-state index in [2.05, 4.69) is 15.9 Å². The van der Waals surface area contributed by atoms with Gasteiger partial charge in [-0.2, -0.15) is 0 Å². The summed E-state index contributed by atoms with van der Waals surface area (Å²) in [6.45, 7) is 0. The Labute approximate surface area is 90.8 Å². The van der Waals surface area contributed by atoms with Crippen LogP contribution >= 0.6 is 15.9 Å². The maximum Gasteiger partial charge on any atom is 0.119 e. The van der Waals surface area contributed by atoms with Crippen molar-refractivity contribution >= 4 is 32.4 Å². The zero-order valence-corrected chi connectivity index (χ0v) is 9.34. The number of ether oxygens (including phenoxy) is 1. The highest BCUT2D eigenvalue weighted by Crippen LogP contribution is 2.31. The second kappa shape index (κ2) is 3.50. The molecule has 2 rings (SSSR count). The van der Waals surface area contributed by atoms with Crippen LogP contribution in [0.4, 0.5) is 5.69 Å². The van der Waals surface area contributed by atoms with Crippen LogP contribution in [0.15, 0.2) is 34.8 Å². The van der Waals surface area contributed by atoms with E-state index < -0.39 is 0 Å². The topological polar surface area (TPSA) is 35.2 Å². The maximum absolute atomic E-state index is 5.87. The van der Waals surface area contributed by atoms with E-state index in [0.717, 1.165) is 26.7 Å². The van der Waals surface area contributed by atoms with Gasteiger partial charge in [-0.1, -0.05) is 15.9 Å². The van der Waals surface area contributed by atoms with Crippen molar-refractivity contribution in [3.63, 3.8) is 0 Å². The number of methoxy groups -OCH3 is 1. The van der Waals surface area contributed by atoms with Gasteiger partial charge in [0, 0.05) is 15.5 Å². The van der Waals surface area contributed by atoms with E-state index in [-0.39, 0.29) is 0 Å². The molecule has 0 atom stereocenters. The summed E-state index contributed by atoms with van der Waals surface area (Å²) in [6, 6.07) is 9.69. The van der Waals surface area contributed by atoms with Crippen LogP contribution in [0, 0.1) is 0 Å². The van der Waals surface area contributed by atoms with Crippen molar-refractivity contribution in [3.8, 4) is 5.75 Å². The zero-order valence-electron chi connectivity index (χ0n) is 7.75. The Balaban J connectivity index is 2.80. The van der Waals surface area contributed by atoms with E-state index in [1.807, 2.05) is 30.3 Å². The molecule has 2 nitrogen and oxygen atoms in total. The number of anilines is 1. The molecule has 2 N–H and O–H groups in total. The molecule has 2 aromatic carbocycles. The van der Waals surface area contributed by atoms with Gasteiger partial charge in [-0.25, -0.2) is 0 Å². The summed E-state index contributed by atoms with van der Waals surface area (Å²) in [4.78, 5) is 0. The highest BCUT2D eigenvalue weighted by molar-refractivity contribution is 9.10. The van der Waals surface area contributed by atoms with Gasteiger partial charge >= 0.3 is 0 Å². The number of nitrogen functional groups attached to an aromatic ring is 1. The van der Waals surface area contributed by atoms with Crippen molar-refractivity contribution in [1.29, 1.82) is 0 Å². The van der Waals surface area contributed by atoms with Crippen molar-refractivity contribution in [2.45, 2.75) is 0 Å². The Morgan fingerprint density at radius 2 is 1.93 bits per heavy atom. The molecule has 0 saturated carbocycles. The van der Waals surface area contributed by atoms with E-state index in [0.29, 0.717) is 0 Å². The fourth-order valence-electron chi connectivity index (χ4n) is 1.44. The number of fused-ring (bicyclic) bond motifs is 1. The van der Waals surface area contributed by atoms with Crippen molar-refractivity contribution in [3.05, 3.63) is 34.8 Å². The molecule has 0 aliphatic carbocycles. The molecular weight excluding hydrogens is 242 g/mol. The van der Waals surface area contributed by atoms with Crippen LogP contribution in [-0.2, 0) is 0 Å². The average Bonchev–Trinajstić information content (AvgIpc) is 2.23. The van der Waals surface area contributed by atoms with Gasteiger partial charge in [-0.05, 0) is 35.7 Å². The van der Waals surface area contributed by atoms with Crippen LogP contribution in [0.5, 0.6) is 5.75 Å². The number of hydrogen-bond donors (Lipinski definition) is 1. The van der Waals surface area contributed by atoms with E-state index in [9.17, 15) is 0 Å². The van der Waals surface area contributed by atoms with Crippen LogP contribution in [0.2, 0.25) is 0 Å². The smallest absolute Gasteiger partial charge is 0.119 e. The van der Waals surface area contributed by atoms with Crippen LogP contribution in [0.1, 0.15) is 0 Å². The lowest BCUT2D eigenvalue weighted by Gasteiger charge is -2.06. The van der Waals surface area contributed by atoms with Gasteiger partial charge < -0.3 is 10.5 Å². The molecule has 3 heteroatoms. The monoisotopic (exact) mass is 251 g/mol. The second-order valence-electron chi connectivity index (χ2n) is 3.05. The van der Waals surface area contributed by atoms with Gasteiger partial charge in [-0.15, -0.1) is 0 Å². The second-order valence-corrected chi connectivity index (χ2v) is 3.90. The first-order valence-corrected chi connectivity index (χ1v) is 5.03. The summed E-state index contributed by atoms with van der Waals surface area (Å²) < 4.78 is 6.19. The number of halogens is 1. The van der Waals surface area contributed by atoms with E-state index in [1.165, 1.54) is 0 Å². The van der Waals surface area contributed by atoms with Gasteiger partial charge in [0.2, 0.25) is 0 Å². The fraction of sp³-hybridized carbons (Fsp3) is 0.0909. The highest BCUT2D eigenvalue weighted by Gasteiger charge is 2.03. The molecular formula is C11H10BrNO. The molecule has 0 heterocycles. The lowest BCUT2D eigenvalue weighted by molar-refractivity contribution is 0.415. The minimum absolute atomic E-state index is 0.766. The Hall–Kier alpha value is -1.22. The van der Waals surface area contributed by atoms with Crippen molar-refractivity contribution in [2.75, 3.05) is 12.8 Å². The molecule has 72 valence electrons. The molecule has 0 radical (unpaired) electrons. The van der Waals surface area contributed by atoms with E-state index in [4.69, 9.17) is 10.5 Å². The quantitative estimate of drug-likeness (QED) is 0.791. The normalized spacial score (nSPS) is 10.4. The van der Waals surface area contributed by atoms with Crippen molar-refractivity contribution < 1.29 is 4.74 Å². The van der Waals surface area contributed by atoms with Gasteiger partial charge in [0.1, 0.15) is 5.75 Å². The number of rotatable bonds is 1. The molecule has 0 spiro atoms. The standard InChI is InChI=1S/C11H10BrNO/c1-14-7-2-3-8-9(6-7)11(13)5-4-10(8)12/h2-6H,13H2,1H3. The molecule has 0 saturated heterocycles. The van der Waals surface area contributed by atoms with Crippen LogP contribution in [-0.4, -0.2) is 7.11 Å². The van der Waals surface area contributed by atoms with Gasteiger partial charge in [-0.3, -0.25) is 0 Å². The first-order chi connectivity index (χ1) is 6.72. The first-order valence-electron chi connectivity index (χ1n) is 4.24. The van der Waals surface area contributed by atoms with Gasteiger partial charge in [0.05, 0.1) is 7.11 Å². The third kappa shape index (κ3) is 1.44. The lowest BCUT2D eigenvalue weighted by Crippen LogP contribution is -1.89. The largest absolute Gasteiger partial charge is 0.497 e. The third-order valence-corrected chi connectivity index (χ3v) is 2.90. The van der Waals surface area contributed by atoms with Crippen LogP contribution in [0.3, 0.4) is 0 Å². The number of hydrogen-bond acceptors (Lipinski definition) is 2. The molecule has 0 aromatic heterocycles. The van der Waals surface area contributed by atoms with Gasteiger partial charge in [0.15, 0.2) is 0 Å². The number of nitrogens with two attached hydrogens (primary N) is 1. The minimum Gasteiger partial charge on any atom is -0.497 e. The van der Waals surface area contributed by atoms with Gasteiger partial charge in [0.25, 0.3) is 0 Å². The molecule has 2 aromatic rings. The predicted octanol–water partition coefficient (Wildman–Crippen LogP) is 3.19. The molecule has 14 heavy (non-hydrogen) atoms. The molecule has 0 fully saturated rings. The summed E-state index contributed by atoms with van der Waals surface area (Å²) >= 11 is 3.48. The minimum atomic E-state index is 0.766. The molecule has 0 unspecified atom stereocenters. The lowest BCUT2D eigenvalue weighted by atomic mass is 10.1. The molecule has 0 aliphatic heterocycles. The summed E-state index contributed by atoms with van der Waals surface area (Å²) in [5, 5.41) is 2.12. The Bertz CT molecular complexity index is 482. The maximum atomic E-state index is 5.87. The molecule has 0 amide bonds.